The minimum absolute atomic E-state index is 0.0197. The molecule has 2 aromatic rings. The lowest BCUT2D eigenvalue weighted by atomic mass is 10.0. The van der Waals surface area contributed by atoms with Gasteiger partial charge >= 0.3 is 0 Å². The summed E-state index contributed by atoms with van der Waals surface area (Å²) < 4.78 is 5.58. The lowest BCUT2D eigenvalue weighted by Gasteiger charge is -2.06. The van der Waals surface area contributed by atoms with E-state index in [1.54, 1.807) is 6.21 Å². The van der Waals surface area contributed by atoms with Gasteiger partial charge in [0.25, 0.3) is 0 Å². The van der Waals surface area contributed by atoms with Gasteiger partial charge in [-0.3, -0.25) is 4.79 Å². The summed E-state index contributed by atoms with van der Waals surface area (Å²) in [5.41, 5.74) is 3.36. The summed E-state index contributed by atoms with van der Waals surface area (Å²) in [4.78, 5) is 12.3. The summed E-state index contributed by atoms with van der Waals surface area (Å²) in [6, 6.07) is 16.2. The number of rotatable bonds is 9. The fourth-order valence-electron chi connectivity index (χ4n) is 3.04. The molecule has 2 aromatic carbocycles. The fourth-order valence-corrected chi connectivity index (χ4v) is 4.01. The molecule has 1 aliphatic heterocycles. The first-order valence-electron chi connectivity index (χ1n) is 10.1. The number of unbranched alkanes of at least 4 members (excludes halogenated alkanes) is 1. The zero-order valence-electron chi connectivity index (χ0n) is 16.9. The van der Waals surface area contributed by atoms with E-state index in [1.165, 1.54) is 30.2 Å². The van der Waals surface area contributed by atoms with Crippen molar-refractivity contribution in [1.82, 2.24) is 5.32 Å². The molecule has 152 valence electrons. The highest BCUT2D eigenvalue weighted by molar-refractivity contribution is 8.15. The Bertz CT molecular complexity index is 878. The number of nitrogens with one attached hydrogen (secondary N) is 1. The number of aryl methyl sites for hydroxylation is 1. The molecule has 1 N–H and O–H groups in total. The van der Waals surface area contributed by atoms with Crippen molar-refractivity contribution in [3.63, 3.8) is 0 Å². The van der Waals surface area contributed by atoms with Gasteiger partial charge in [0.15, 0.2) is 5.17 Å². The maximum Gasteiger partial charge on any atom is 0.239 e. The number of thioether (sulfide) groups is 1. The molecule has 0 spiro atoms. The molecule has 1 heterocycles. The van der Waals surface area contributed by atoms with Crippen molar-refractivity contribution in [2.45, 2.75) is 44.8 Å². The van der Waals surface area contributed by atoms with Crippen LogP contribution in [0.1, 0.15) is 43.4 Å². The Morgan fingerprint density at radius 2 is 1.86 bits per heavy atom. The molecule has 0 aromatic heterocycles. The van der Waals surface area contributed by atoms with E-state index in [0.717, 1.165) is 23.3 Å². The van der Waals surface area contributed by atoms with Crippen LogP contribution in [0.5, 0.6) is 5.75 Å². The predicted octanol–water partition coefficient (Wildman–Crippen LogP) is 4.59. The predicted molar refractivity (Wildman–Crippen MR) is 121 cm³/mol. The molecule has 1 unspecified atom stereocenters. The van der Waals surface area contributed by atoms with E-state index < -0.39 is 0 Å². The van der Waals surface area contributed by atoms with Crippen molar-refractivity contribution in [2.75, 3.05) is 6.61 Å². The first kappa shape index (κ1) is 21.1. The molecular formula is C23H27N3O2S. The van der Waals surface area contributed by atoms with E-state index in [-0.39, 0.29) is 11.2 Å². The summed E-state index contributed by atoms with van der Waals surface area (Å²) in [7, 11) is 0. The zero-order chi connectivity index (χ0) is 20.5. The Hall–Kier alpha value is -2.60. The largest absolute Gasteiger partial charge is 0.493 e. The average molecular weight is 410 g/mol. The summed E-state index contributed by atoms with van der Waals surface area (Å²) in [6.07, 6.45) is 5.84. The van der Waals surface area contributed by atoms with Crippen LogP contribution in [0.4, 0.5) is 0 Å². The summed E-state index contributed by atoms with van der Waals surface area (Å²) in [6.45, 7) is 4.73. The summed E-state index contributed by atoms with van der Waals surface area (Å²) in [5, 5.41) is 11.5. The van der Waals surface area contributed by atoms with Crippen molar-refractivity contribution >= 4 is 29.1 Å². The second kappa shape index (κ2) is 10.8. The first-order chi connectivity index (χ1) is 14.2. The molecule has 1 amide bonds. The van der Waals surface area contributed by atoms with Crippen LogP contribution in [0.25, 0.3) is 0 Å². The van der Waals surface area contributed by atoms with Crippen LogP contribution in [-0.2, 0) is 17.6 Å². The van der Waals surface area contributed by atoms with E-state index >= 15 is 0 Å². The molecule has 6 heteroatoms. The number of benzene rings is 2. The Balaban J connectivity index is 1.58. The Labute approximate surface area is 176 Å². The van der Waals surface area contributed by atoms with Gasteiger partial charge in [-0.05, 0) is 49.4 Å². The molecule has 3 rings (SSSR count). The van der Waals surface area contributed by atoms with Gasteiger partial charge in [-0.2, -0.15) is 5.10 Å². The average Bonchev–Trinajstić information content (AvgIpc) is 3.08. The van der Waals surface area contributed by atoms with Crippen molar-refractivity contribution in [3.05, 3.63) is 65.2 Å². The van der Waals surface area contributed by atoms with Crippen molar-refractivity contribution in [2.24, 2.45) is 10.2 Å². The third-order valence-corrected chi connectivity index (χ3v) is 5.68. The van der Waals surface area contributed by atoms with Gasteiger partial charge in [0.05, 0.1) is 18.1 Å². The Morgan fingerprint density at radius 3 is 2.62 bits per heavy atom. The molecule has 1 atom stereocenters. The standard InChI is InChI=1S/C23H27N3O2S/c1-3-5-8-17-11-13-18(14-12-17)15-21-22(27)25-23(29-21)26-24-16-19-9-6-7-10-20(19)28-4-2/h6-7,9-14,16,21H,3-5,8,15H2,1-2H3,(H,25,26,27)/b24-16+. The van der Waals surface area contributed by atoms with E-state index in [9.17, 15) is 4.79 Å². The number of amidine groups is 1. The molecule has 0 saturated carbocycles. The number of carbonyl (C=O) groups is 1. The van der Waals surface area contributed by atoms with Crippen molar-refractivity contribution in [1.29, 1.82) is 0 Å². The molecule has 1 aliphatic rings. The summed E-state index contributed by atoms with van der Waals surface area (Å²) >= 11 is 1.43. The molecule has 5 nitrogen and oxygen atoms in total. The molecule has 0 bridgehead atoms. The summed E-state index contributed by atoms with van der Waals surface area (Å²) in [5.74, 6) is 0.746. The van der Waals surface area contributed by atoms with E-state index in [0.29, 0.717) is 18.2 Å². The normalized spacial score (nSPS) is 17.8. The minimum atomic E-state index is -0.179. The monoisotopic (exact) mass is 409 g/mol. The van der Waals surface area contributed by atoms with Crippen LogP contribution in [-0.4, -0.2) is 29.1 Å². The smallest absolute Gasteiger partial charge is 0.239 e. The van der Waals surface area contributed by atoms with Gasteiger partial charge in [0.2, 0.25) is 5.91 Å². The number of carbonyl (C=O) groups excluding carboxylic acids is 1. The fraction of sp³-hybridized carbons (Fsp3) is 0.348. The number of nitrogens with zero attached hydrogens (tertiary/aromatic N) is 2. The number of hydrogen-bond donors (Lipinski definition) is 1. The van der Waals surface area contributed by atoms with Crippen LogP contribution in [0.3, 0.4) is 0 Å². The van der Waals surface area contributed by atoms with Crippen LogP contribution < -0.4 is 10.1 Å². The lowest BCUT2D eigenvalue weighted by Crippen LogP contribution is -2.25. The van der Waals surface area contributed by atoms with E-state index in [4.69, 9.17) is 4.74 Å². The van der Waals surface area contributed by atoms with Crippen LogP contribution in [0, 0.1) is 0 Å². The molecular weight excluding hydrogens is 382 g/mol. The Morgan fingerprint density at radius 1 is 1.10 bits per heavy atom. The SMILES string of the molecule is CCCCc1ccc(CC2S/C(=N/N=C/c3ccccc3OCC)NC2=O)cc1. The van der Waals surface area contributed by atoms with Gasteiger partial charge in [0.1, 0.15) is 5.75 Å². The van der Waals surface area contributed by atoms with Gasteiger partial charge in [-0.1, -0.05) is 61.5 Å². The molecule has 1 fully saturated rings. The minimum Gasteiger partial charge on any atom is -0.493 e. The van der Waals surface area contributed by atoms with Gasteiger partial charge in [-0.15, -0.1) is 5.10 Å². The van der Waals surface area contributed by atoms with Crippen molar-refractivity contribution < 1.29 is 9.53 Å². The number of ether oxygens (including phenoxy) is 1. The van der Waals surface area contributed by atoms with Crippen LogP contribution in [0.2, 0.25) is 0 Å². The topological polar surface area (TPSA) is 63.1 Å². The second-order valence-corrected chi connectivity index (χ2v) is 8.03. The maximum absolute atomic E-state index is 12.3. The number of para-hydroxylation sites is 1. The van der Waals surface area contributed by atoms with Gasteiger partial charge in [-0.25, -0.2) is 0 Å². The molecule has 0 radical (unpaired) electrons. The first-order valence-corrected chi connectivity index (χ1v) is 11.0. The van der Waals surface area contributed by atoms with Crippen LogP contribution >= 0.6 is 11.8 Å². The molecule has 29 heavy (non-hydrogen) atoms. The van der Waals surface area contributed by atoms with E-state index in [1.807, 2.05) is 31.2 Å². The highest BCUT2D eigenvalue weighted by Gasteiger charge is 2.30. The third kappa shape index (κ3) is 6.19. The van der Waals surface area contributed by atoms with E-state index in [2.05, 4.69) is 46.7 Å². The third-order valence-electron chi connectivity index (χ3n) is 4.60. The number of amides is 1. The maximum atomic E-state index is 12.3. The van der Waals surface area contributed by atoms with Gasteiger partial charge in [0, 0.05) is 5.56 Å². The molecule has 1 saturated heterocycles. The van der Waals surface area contributed by atoms with Crippen LogP contribution in [0.15, 0.2) is 58.7 Å². The quantitative estimate of drug-likeness (QED) is 0.487. The zero-order valence-corrected chi connectivity index (χ0v) is 17.7. The van der Waals surface area contributed by atoms with Crippen molar-refractivity contribution in [3.8, 4) is 5.75 Å². The lowest BCUT2D eigenvalue weighted by molar-refractivity contribution is -0.118. The number of hydrogen-bond acceptors (Lipinski definition) is 5. The highest BCUT2D eigenvalue weighted by Crippen LogP contribution is 2.24. The highest BCUT2D eigenvalue weighted by atomic mass is 32.2. The Kier molecular flexibility index (Phi) is 7.87. The molecule has 0 aliphatic carbocycles. The second-order valence-electron chi connectivity index (χ2n) is 6.84. The van der Waals surface area contributed by atoms with Gasteiger partial charge < -0.3 is 10.1 Å².